The zero-order valence-electron chi connectivity index (χ0n) is 7.38. The molecule has 14 heavy (non-hydrogen) atoms. The van der Waals surface area contributed by atoms with Gasteiger partial charge in [0.15, 0.2) is 5.82 Å². The molecular weight excluding hydrogens is 176 g/mol. The van der Waals surface area contributed by atoms with E-state index in [2.05, 4.69) is 10.4 Å². The molecule has 1 N–H and O–H groups in total. The maximum absolute atomic E-state index is 8.54. The molecule has 2 aromatic rings. The highest BCUT2D eigenvalue weighted by Crippen LogP contribution is 2.12. The van der Waals surface area contributed by atoms with Crippen LogP contribution in [0.4, 0.5) is 11.5 Å². The first-order valence-electron chi connectivity index (χ1n) is 4.16. The lowest BCUT2D eigenvalue weighted by molar-refractivity contribution is 0.902. The number of aromatic nitrogens is 2. The highest BCUT2D eigenvalue weighted by Gasteiger charge is 1.97. The van der Waals surface area contributed by atoms with Crippen molar-refractivity contribution in [1.82, 2.24) is 9.78 Å². The predicted molar refractivity (Wildman–Crippen MR) is 53.0 cm³/mol. The topological polar surface area (TPSA) is 53.6 Å². The van der Waals surface area contributed by atoms with E-state index >= 15 is 0 Å². The molecule has 0 aliphatic carbocycles. The van der Waals surface area contributed by atoms with Gasteiger partial charge < -0.3 is 5.32 Å². The van der Waals surface area contributed by atoms with Crippen LogP contribution in [-0.2, 0) is 0 Å². The molecule has 0 saturated carbocycles. The molecular formula is C10H8N4. The van der Waals surface area contributed by atoms with Crippen LogP contribution in [-0.4, -0.2) is 9.78 Å². The molecule has 0 bridgehead atoms. The van der Waals surface area contributed by atoms with Crippen LogP contribution in [0, 0.1) is 11.5 Å². The summed E-state index contributed by atoms with van der Waals surface area (Å²) in [5.41, 5.74) is 0.954. The van der Waals surface area contributed by atoms with Gasteiger partial charge in [-0.05, 0) is 12.1 Å². The zero-order chi connectivity index (χ0) is 9.80. The summed E-state index contributed by atoms with van der Waals surface area (Å²) in [6.45, 7) is 0. The van der Waals surface area contributed by atoms with E-state index in [1.165, 1.54) is 4.68 Å². The van der Waals surface area contributed by atoms with Gasteiger partial charge in [0.1, 0.15) is 0 Å². The van der Waals surface area contributed by atoms with Crippen LogP contribution in [0.3, 0.4) is 0 Å². The molecule has 0 amide bonds. The number of nitrogens with one attached hydrogen (secondary N) is 1. The molecule has 0 radical (unpaired) electrons. The molecule has 0 fully saturated rings. The quantitative estimate of drug-likeness (QED) is 0.776. The van der Waals surface area contributed by atoms with E-state index in [4.69, 9.17) is 5.26 Å². The number of hydrogen-bond donors (Lipinski definition) is 1. The number of nitriles is 1. The molecule has 0 atom stereocenters. The molecule has 1 heterocycles. The van der Waals surface area contributed by atoms with Crippen molar-refractivity contribution >= 4 is 11.5 Å². The summed E-state index contributed by atoms with van der Waals surface area (Å²) >= 11 is 0. The van der Waals surface area contributed by atoms with Crippen molar-refractivity contribution in [2.24, 2.45) is 0 Å². The third-order valence-electron chi connectivity index (χ3n) is 1.74. The first-order valence-corrected chi connectivity index (χ1v) is 4.16. The Morgan fingerprint density at radius 3 is 2.64 bits per heavy atom. The van der Waals surface area contributed by atoms with Crippen molar-refractivity contribution in [2.75, 3.05) is 5.32 Å². The second kappa shape index (κ2) is 3.62. The van der Waals surface area contributed by atoms with Gasteiger partial charge in [-0.1, -0.05) is 18.2 Å². The van der Waals surface area contributed by atoms with Crippen molar-refractivity contribution in [2.45, 2.75) is 0 Å². The number of hydrogen-bond acceptors (Lipinski definition) is 3. The molecule has 0 aliphatic rings. The van der Waals surface area contributed by atoms with E-state index in [1.807, 2.05) is 36.5 Å². The van der Waals surface area contributed by atoms with E-state index in [-0.39, 0.29) is 0 Å². The lowest BCUT2D eigenvalue weighted by Gasteiger charge is -2.00. The van der Waals surface area contributed by atoms with Gasteiger partial charge in [-0.15, -0.1) is 5.10 Å². The normalized spacial score (nSPS) is 9.36. The first kappa shape index (κ1) is 8.32. The number of anilines is 2. The molecule has 68 valence electrons. The minimum atomic E-state index is 0.665. The number of rotatable bonds is 2. The van der Waals surface area contributed by atoms with Gasteiger partial charge in [-0.2, -0.15) is 9.94 Å². The maximum Gasteiger partial charge on any atom is 0.206 e. The summed E-state index contributed by atoms with van der Waals surface area (Å²) in [5.74, 6) is 0.665. The number of nitrogens with zero attached hydrogens (tertiary/aromatic N) is 3. The van der Waals surface area contributed by atoms with Gasteiger partial charge in [0.2, 0.25) is 6.19 Å². The summed E-state index contributed by atoms with van der Waals surface area (Å²) in [4.78, 5) is 0. The van der Waals surface area contributed by atoms with Crippen LogP contribution >= 0.6 is 0 Å². The lowest BCUT2D eigenvalue weighted by Crippen LogP contribution is -1.93. The molecule has 0 spiro atoms. The Bertz CT molecular complexity index is 452. The summed E-state index contributed by atoms with van der Waals surface area (Å²) in [6, 6.07) is 11.4. The van der Waals surface area contributed by atoms with E-state index in [1.54, 1.807) is 12.3 Å². The SMILES string of the molecule is N#Cn1ccc(Nc2ccccc2)n1. The molecule has 2 rings (SSSR count). The number of benzene rings is 1. The largest absolute Gasteiger partial charge is 0.339 e. The molecule has 1 aromatic heterocycles. The minimum Gasteiger partial charge on any atom is -0.339 e. The average Bonchev–Trinajstić information content (AvgIpc) is 2.67. The Labute approximate surface area is 81.4 Å². The smallest absolute Gasteiger partial charge is 0.206 e. The van der Waals surface area contributed by atoms with E-state index in [0.29, 0.717) is 5.82 Å². The molecule has 0 unspecified atom stereocenters. The fourth-order valence-corrected chi connectivity index (χ4v) is 1.12. The Balaban J connectivity index is 2.16. The third kappa shape index (κ3) is 1.72. The Morgan fingerprint density at radius 2 is 2.00 bits per heavy atom. The standard InChI is InChI=1S/C10H8N4/c11-8-14-7-6-10(13-14)12-9-4-2-1-3-5-9/h1-7H,(H,12,13). The van der Waals surface area contributed by atoms with Gasteiger partial charge in [0.25, 0.3) is 0 Å². The highest BCUT2D eigenvalue weighted by atomic mass is 15.3. The van der Waals surface area contributed by atoms with Crippen LogP contribution in [0.5, 0.6) is 0 Å². The van der Waals surface area contributed by atoms with Gasteiger partial charge in [-0.3, -0.25) is 0 Å². The van der Waals surface area contributed by atoms with Crippen molar-refractivity contribution in [3.8, 4) is 6.19 Å². The summed E-state index contributed by atoms with van der Waals surface area (Å²) in [6.07, 6.45) is 3.50. The van der Waals surface area contributed by atoms with Crippen LogP contribution < -0.4 is 5.32 Å². The first-order chi connectivity index (χ1) is 6.88. The van der Waals surface area contributed by atoms with Gasteiger partial charge in [0.05, 0.1) is 0 Å². The van der Waals surface area contributed by atoms with Gasteiger partial charge in [0, 0.05) is 18.0 Å². The van der Waals surface area contributed by atoms with Crippen molar-refractivity contribution in [3.63, 3.8) is 0 Å². The second-order valence-electron chi connectivity index (χ2n) is 2.74. The van der Waals surface area contributed by atoms with E-state index < -0.39 is 0 Å². The van der Waals surface area contributed by atoms with Crippen molar-refractivity contribution in [3.05, 3.63) is 42.6 Å². The molecule has 0 aliphatic heterocycles. The van der Waals surface area contributed by atoms with Crippen molar-refractivity contribution in [1.29, 1.82) is 5.26 Å². The predicted octanol–water partition coefficient (Wildman–Crippen LogP) is 1.96. The van der Waals surface area contributed by atoms with Gasteiger partial charge >= 0.3 is 0 Å². The fraction of sp³-hybridized carbons (Fsp3) is 0. The highest BCUT2D eigenvalue weighted by molar-refractivity contribution is 5.55. The van der Waals surface area contributed by atoms with Crippen LogP contribution in [0.15, 0.2) is 42.6 Å². The van der Waals surface area contributed by atoms with E-state index in [0.717, 1.165) is 5.69 Å². The summed E-state index contributed by atoms with van der Waals surface area (Å²) in [7, 11) is 0. The van der Waals surface area contributed by atoms with Crippen LogP contribution in [0.1, 0.15) is 0 Å². The second-order valence-corrected chi connectivity index (χ2v) is 2.74. The fourth-order valence-electron chi connectivity index (χ4n) is 1.12. The van der Waals surface area contributed by atoms with Crippen LogP contribution in [0.25, 0.3) is 0 Å². The third-order valence-corrected chi connectivity index (χ3v) is 1.74. The number of para-hydroxylation sites is 1. The van der Waals surface area contributed by atoms with Crippen molar-refractivity contribution < 1.29 is 0 Å². The van der Waals surface area contributed by atoms with E-state index in [9.17, 15) is 0 Å². The molecule has 4 nitrogen and oxygen atoms in total. The lowest BCUT2D eigenvalue weighted by atomic mass is 10.3. The maximum atomic E-state index is 8.54. The summed E-state index contributed by atoms with van der Waals surface area (Å²) < 4.78 is 1.20. The van der Waals surface area contributed by atoms with Gasteiger partial charge in [-0.25, -0.2) is 0 Å². The monoisotopic (exact) mass is 184 g/mol. The Morgan fingerprint density at radius 1 is 1.21 bits per heavy atom. The van der Waals surface area contributed by atoms with Crippen LogP contribution in [0.2, 0.25) is 0 Å². The molecule has 4 heteroatoms. The zero-order valence-corrected chi connectivity index (χ0v) is 7.38. The Hall–Kier alpha value is -2.28. The molecule has 0 saturated heterocycles. The summed E-state index contributed by atoms with van der Waals surface area (Å²) in [5, 5.41) is 15.6. The Kier molecular flexibility index (Phi) is 2.15. The molecule has 1 aromatic carbocycles. The minimum absolute atomic E-state index is 0.665. The average molecular weight is 184 g/mol.